The van der Waals surface area contributed by atoms with Crippen LogP contribution in [0.2, 0.25) is 0 Å². The van der Waals surface area contributed by atoms with E-state index in [0.717, 1.165) is 17.9 Å². The van der Waals surface area contributed by atoms with Crippen molar-refractivity contribution in [1.82, 2.24) is 10.2 Å². The molecule has 1 aliphatic carbocycles. The SMILES string of the molecule is CCCNC1CCCC1CCN1CCC(CC)C1. The lowest BCUT2D eigenvalue weighted by atomic mass is 9.99. The molecule has 2 heteroatoms. The van der Waals surface area contributed by atoms with E-state index in [1.165, 1.54) is 71.1 Å². The molecule has 2 aliphatic rings. The molecule has 18 heavy (non-hydrogen) atoms. The highest BCUT2D eigenvalue weighted by Gasteiger charge is 2.28. The van der Waals surface area contributed by atoms with Crippen molar-refractivity contribution in [2.45, 2.75) is 64.8 Å². The number of nitrogens with one attached hydrogen (secondary N) is 1. The Labute approximate surface area is 114 Å². The highest BCUT2D eigenvalue weighted by molar-refractivity contribution is 4.84. The molecule has 0 spiro atoms. The molecule has 0 aromatic rings. The summed E-state index contributed by atoms with van der Waals surface area (Å²) in [7, 11) is 0. The number of rotatable bonds is 7. The zero-order valence-electron chi connectivity index (χ0n) is 12.5. The number of hydrogen-bond acceptors (Lipinski definition) is 2. The Morgan fingerprint density at radius 2 is 2.06 bits per heavy atom. The van der Waals surface area contributed by atoms with E-state index in [-0.39, 0.29) is 0 Å². The van der Waals surface area contributed by atoms with Gasteiger partial charge in [0.2, 0.25) is 0 Å². The molecule has 0 aromatic heterocycles. The quantitative estimate of drug-likeness (QED) is 0.748. The van der Waals surface area contributed by atoms with E-state index >= 15 is 0 Å². The maximum atomic E-state index is 3.76. The van der Waals surface area contributed by atoms with E-state index in [0.29, 0.717) is 0 Å². The van der Waals surface area contributed by atoms with Crippen molar-refractivity contribution >= 4 is 0 Å². The number of likely N-dealkylation sites (tertiary alicyclic amines) is 1. The van der Waals surface area contributed by atoms with Crippen LogP contribution in [0, 0.1) is 11.8 Å². The smallest absolute Gasteiger partial charge is 0.00958 e. The van der Waals surface area contributed by atoms with Gasteiger partial charge in [-0.2, -0.15) is 0 Å². The van der Waals surface area contributed by atoms with Crippen LogP contribution in [0.1, 0.15) is 58.8 Å². The Bertz CT molecular complexity index is 229. The lowest BCUT2D eigenvalue weighted by molar-refractivity contribution is 0.273. The first-order valence-corrected chi connectivity index (χ1v) is 8.29. The van der Waals surface area contributed by atoms with Gasteiger partial charge in [-0.25, -0.2) is 0 Å². The minimum absolute atomic E-state index is 0.828. The summed E-state index contributed by atoms with van der Waals surface area (Å²) in [5, 5.41) is 3.76. The zero-order valence-corrected chi connectivity index (χ0v) is 12.5. The highest BCUT2D eigenvalue weighted by Crippen LogP contribution is 2.29. The summed E-state index contributed by atoms with van der Waals surface area (Å²) in [5.74, 6) is 1.94. The van der Waals surface area contributed by atoms with Gasteiger partial charge in [0.05, 0.1) is 0 Å². The van der Waals surface area contributed by atoms with Gasteiger partial charge in [0, 0.05) is 12.6 Å². The summed E-state index contributed by atoms with van der Waals surface area (Å²) in [6.07, 6.45) is 9.85. The van der Waals surface area contributed by atoms with Gasteiger partial charge in [-0.3, -0.25) is 0 Å². The molecule has 0 aromatic carbocycles. The second-order valence-electron chi connectivity index (χ2n) is 6.40. The van der Waals surface area contributed by atoms with Gasteiger partial charge in [0.15, 0.2) is 0 Å². The lowest BCUT2D eigenvalue weighted by Gasteiger charge is -2.24. The first-order chi connectivity index (χ1) is 8.83. The average Bonchev–Trinajstić information content (AvgIpc) is 3.02. The van der Waals surface area contributed by atoms with E-state index in [4.69, 9.17) is 0 Å². The van der Waals surface area contributed by atoms with E-state index < -0.39 is 0 Å². The summed E-state index contributed by atoms with van der Waals surface area (Å²) >= 11 is 0. The van der Waals surface area contributed by atoms with Crippen LogP contribution < -0.4 is 5.32 Å². The fraction of sp³-hybridized carbons (Fsp3) is 1.00. The molecule has 1 aliphatic heterocycles. The molecule has 2 fully saturated rings. The van der Waals surface area contributed by atoms with Crippen molar-refractivity contribution in [2.75, 3.05) is 26.2 Å². The van der Waals surface area contributed by atoms with E-state index in [1.54, 1.807) is 0 Å². The van der Waals surface area contributed by atoms with Crippen LogP contribution in [0.5, 0.6) is 0 Å². The Kier molecular flexibility index (Phi) is 5.97. The molecular weight excluding hydrogens is 220 g/mol. The fourth-order valence-electron chi connectivity index (χ4n) is 3.78. The van der Waals surface area contributed by atoms with Crippen molar-refractivity contribution < 1.29 is 0 Å². The van der Waals surface area contributed by atoms with E-state index in [1.807, 2.05) is 0 Å². The second-order valence-corrected chi connectivity index (χ2v) is 6.40. The second kappa shape index (κ2) is 7.49. The van der Waals surface area contributed by atoms with Gasteiger partial charge in [-0.15, -0.1) is 0 Å². The summed E-state index contributed by atoms with van der Waals surface area (Å²) < 4.78 is 0. The number of nitrogens with zero attached hydrogens (tertiary/aromatic N) is 1. The first kappa shape index (κ1) is 14.3. The lowest BCUT2D eigenvalue weighted by Crippen LogP contribution is -2.35. The molecule has 2 rings (SSSR count). The minimum atomic E-state index is 0.828. The van der Waals surface area contributed by atoms with Gasteiger partial charge < -0.3 is 10.2 Å². The van der Waals surface area contributed by atoms with Crippen molar-refractivity contribution in [2.24, 2.45) is 11.8 Å². The Hall–Kier alpha value is -0.0800. The molecule has 1 N–H and O–H groups in total. The van der Waals surface area contributed by atoms with Crippen molar-refractivity contribution in [1.29, 1.82) is 0 Å². The van der Waals surface area contributed by atoms with Crippen LogP contribution in [0.25, 0.3) is 0 Å². The third-order valence-corrected chi connectivity index (χ3v) is 5.08. The maximum absolute atomic E-state index is 3.76. The molecule has 0 bridgehead atoms. The molecular formula is C16H32N2. The molecule has 1 saturated carbocycles. The number of hydrogen-bond donors (Lipinski definition) is 1. The van der Waals surface area contributed by atoms with Crippen molar-refractivity contribution in [3.05, 3.63) is 0 Å². The Balaban J connectivity index is 1.66. The van der Waals surface area contributed by atoms with Crippen LogP contribution in [-0.2, 0) is 0 Å². The van der Waals surface area contributed by atoms with E-state index in [2.05, 4.69) is 24.1 Å². The standard InChI is InChI=1S/C16H32N2/c1-3-10-17-16-7-5-6-15(16)9-12-18-11-8-14(4-2)13-18/h14-17H,3-13H2,1-2H3. The summed E-state index contributed by atoms with van der Waals surface area (Å²) in [6.45, 7) is 9.91. The van der Waals surface area contributed by atoms with Gasteiger partial charge in [-0.05, 0) is 63.6 Å². The molecule has 3 unspecified atom stereocenters. The molecule has 1 saturated heterocycles. The molecule has 0 amide bonds. The van der Waals surface area contributed by atoms with Crippen molar-refractivity contribution in [3.8, 4) is 0 Å². The van der Waals surface area contributed by atoms with Crippen molar-refractivity contribution in [3.63, 3.8) is 0 Å². The normalized spacial score (nSPS) is 33.3. The third-order valence-electron chi connectivity index (χ3n) is 5.08. The molecule has 3 atom stereocenters. The van der Waals surface area contributed by atoms with Gasteiger partial charge in [-0.1, -0.05) is 26.7 Å². The van der Waals surface area contributed by atoms with Crippen LogP contribution in [-0.4, -0.2) is 37.1 Å². The molecule has 2 nitrogen and oxygen atoms in total. The van der Waals surface area contributed by atoms with E-state index in [9.17, 15) is 0 Å². The summed E-state index contributed by atoms with van der Waals surface area (Å²) in [5.41, 5.74) is 0. The predicted molar refractivity (Wildman–Crippen MR) is 78.9 cm³/mol. The van der Waals surface area contributed by atoms with Crippen LogP contribution >= 0.6 is 0 Å². The highest BCUT2D eigenvalue weighted by atomic mass is 15.1. The van der Waals surface area contributed by atoms with Gasteiger partial charge in [0.25, 0.3) is 0 Å². The first-order valence-electron chi connectivity index (χ1n) is 8.29. The monoisotopic (exact) mass is 252 g/mol. The molecule has 106 valence electrons. The van der Waals surface area contributed by atoms with Crippen LogP contribution in [0.15, 0.2) is 0 Å². The minimum Gasteiger partial charge on any atom is -0.314 e. The average molecular weight is 252 g/mol. The van der Waals surface area contributed by atoms with Gasteiger partial charge >= 0.3 is 0 Å². The third kappa shape index (κ3) is 3.96. The predicted octanol–water partition coefficient (Wildman–Crippen LogP) is 3.28. The molecule has 0 radical (unpaired) electrons. The van der Waals surface area contributed by atoms with Crippen LogP contribution in [0.4, 0.5) is 0 Å². The Morgan fingerprint density at radius 3 is 2.78 bits per heavy atom. The van der Waals surface area contributed by atoms with Gasteiger partial charge in [0.1, 0.15) is 0 Å². The Morgan fingerprint density at radius 1 is 1.17 bits per heavy atom. The summed E-state index contributed by atoms with van der Waals surface area (Å²) in [4.78, 5) is 2.71. The maximum Gasteiger partial charge on any atom is 0.00958 e. The summed E-state index contributed by atoms with van der Waals surface area (Å²) in [6, 6.07) is 0.828. The van der Waals surface area contributed by atoms with Crippen LogP contribution in [0.3, 0.4) is 0 Å². The topological polar surface area (TPSA) is 15.3 Å². The zero-order chi connectivity index (χ0) is 12.8. The fourth-order valence-corrected chi connectivity index (χ4v) is 3.78. The largest absolute Gasteiger partial charge is 0.314 e. The molecule has 1 heterocycles.